The first kappa shape index (κ1) is 12.2. The van der Waals surface area contributed by atoms with Crippen molar-refractivity contribution in [2.24, 2.45) is 11.5 Å². The molecule has 0 bridgehead atoms. The van der Waals surface area contributed by atoms with Gasteiger partial charge in [-0.05, 0) is 12.1 Å². The van der Waals surface area contributed by atoms with Crippen molar-refractivity contribution in [3.05, 3.63) is 29.3 Å². The first-order chi connectivity index (χ1) is 7.25. The highest BCUT2D eigenvalue weighted by atomic mass is 32.2. The molecule has 0 aliphatic rings. The molecule has 0 heterocycles. The van der Waals surface area contributed by atoms with Crippen molar-refractivity contribution in [3.8, 4) is 0 Å². The van der Waals surface area contributed by atoms with Crippen LogP contribution in [0.4, 0.5) is 0 Å². The summed E-state index contributed by atoms with van der Waals surface area (Å²) < 4.78 is 22.7. The summed E-state index contributed by atoms with van der Waals surface area (Å²) in [5, 5.41) is 0. The number of hydrogen-bond acceptors (Lipinski definition) is 4. The molecule has 0 aromatic heterocycles. The lowest BCUT2D eigenvalue weighted by molar-refractivity contribution is 0.0965. The first-order valence-electron chi connectivity index (χ1n) is 4.18. The van der Waals surface area contributed by atoms with Gasteiger partial charge < -0.3 is 11.5 Å². The van der Waals surface area contributed by atoms with Gasteiger partial charge in [-0.2, -0.15) is 0 Å². The van der Waals surface area contributed by atoms with Gasteiger partial charge in [0.2, 0.25) is 5.91 Å². The van der Waals surface area contributed by atoms with Gasteiger partial charge in [-0.3, -0.25) is 9.59 Å². The number of primary amides is 2. The Morgan fingerprint density at radius 2 is 1.69 bits per heavy atom. The largest absolute Gasteiger partial charge is 0.366 e. The van der Waals surface area contributed by atoms with Crippen LogP contribution in [0.3, 0.4) is 0 Å². The lowest BCUT2D eigenvalue weighted by Gasteiger charge is -2.08. The SMILES string of the molecule is CS(=O)(=O)c1cccc(C(N)=O)c1C(N)=O. The molecule has 1 aromatic carbocycles. The van der Waals surface area contributed by atoms with Crippen molar-refractivity contribution in [2.75, 3.05) is 6.26 Å². The summed E-state index contributed by atoms with van der Waals surface area (Å²) in [6, 6.07) is 3.77. The zero-order valence-corrected chi connectivity index (χ0v) is 9.24. The average Bonchev–Trinajstić information content (AvgIpc) is 2.14. The quantitative estimate of drug-likeness (QED) is 0.727. The Kier molecular flexibility index (Phi) is 2.99. The van der Waals surface area contributed by atoms with Crippen LogP contribution in [0, 0.1) is 0 Å². The topological polar surface area (TPSA) is 120 Å². The molecule has 0 radical (unpaired) electrons. The maximum Gasteiger partial charge on any atom is 0.250 e. The second-order valence-corrected chi connectivity index (χ2v) is 5.16. The second-order valence-electron chi connectivity index (χ2n) is 3.18. The summed E-state index contributed by atoms with van der Waals surface area (Å²) >= 11 is 0. The molecule has 1 aromatic rings. The van der Waals surface area contributed by atoms with Crippen LogP contribution in [0.1, 0.15) is 20.7 Å². The molecule has 0 spiro atoms. The Bertz CT molecular complexity index is 563. The number of hydrogen-bond donors (Lipinski definition) is 2. The lowest BCUT2D eigenvalue weighted by atomic mass is 10.1. The van der Waals surface area contributed by atoms with Gasteiger partial charge in [-0.25, -0.2) is 8.42 Å². The van der Waals surface area contributed by atoms with E-state index in [4.69, 9.17) is 11.5 Å². The van der Waals surface area contributed by atoms with Crippen molar-refractivity contribution in [2.45, 2.75) is 4.90 Å². The van der Waals surface area contributed by atoms with Gasteiger partial charge in [0, 0.05) is 6.26 Å². The molecule has 0 fully saturated rings. The molecule has 16 heavy (non-hydrogen) atoms. The Hall–Kier alpha value is -1.89. The molecule has 0 saturated heterocycles. The van der Waals surface area contributed by atoms with E-state index in [0.29, 0.717) is 0 Å². The van der Waals surface area contributed by atoms with E-state index < -0.39 is 21.7 Å². The number of rotatable bonds is 3. The molecule has 6 nitrogen and oxygen atoms in total. The molecular formula is C9H10N2O4S. The third-order valence-corrected chi connectivity index (χ3v) is 3.08. The van der Waals surface area contributed by atoms with Gasteiger partial charge in [-0.1, -0.05) is 6.07 Å². The summed E-state index contributed by atoms with van der Waals surface area (Å²) in [6.07, 6.45) is 0.916. The van der Waals surface area contributed by atoms with Gasteiger partial charge in [0.05, 0.1) is 16.0 Å². The van der Waals surface area contributed by atoms with Crippen molar-refractivity contribution in [1.82, 2.24) is 0 Å². The van der Waals surface area contributed by atoms with E-state index in [-0.39, 0.29) is 16.0 Å². The molecule has 1 rings (SSSR count). The molecule has 0 aliphatic heterocycles. The number of sulfone groups is 1. The maximum atomic E-state index is 11.4. The van der Waals surface area contributed by atoms with Crippen LogP contribution >= 0.6 is 0 Å². The van der Waals surface area contributed by atoms with E-state index in [0.717, 1.165) is 6.26 Å². The van der Waals surface area contributed by atoms with Crippen LogP contribution in [0.25, 0.3) is 0 Å². The molecule has 0 unspecified atom stereocenters. The van der Waals surface area contributed by atoms with Crippen molar-refractivity contribution in [1.29, 1.82) is 0 Å². The summed E-state index contributed by atoms with van der Waals surface area (Å²) in [6.45, 7) is 0. The van der Waals surface area contributed by atoms with E-state index >= 15 is 0 Å². The number of carbonyl (C=O) groups excluding carboxylic acids is 2. The molecule has 2 amide bonds. The van der Waals surface area contributed by atoms with E-state index in [1.807, 2.05) is 0 Å². The zero-order valence-electron chi connectivity index (χ0n) is 8.43. The first-order valence-corrected chi connectivity index (χ1v) is 6.07. The molecule has 0 aliphatic carbocycles. The third-order valence-electron chi connectivity index (χ3n) is 1.94. The van der Waals surface area contributed by atoms with Crippen LogP contribution in [-0.2, 0) is 9.84 Å². The van der Waals surface area contributed by atoms with Gasteiger partial charge in [0.25, 0.3) is 5.91 Å². The molecule has 0 atom stereocenters. The monoisotopic (exact) mass is 242 g/mol. The number of carbonyl (C=O) groups is 2. The maximum absolute atomic E-state index is 11.4. The summed E-state index contributed by atoms with van der Waals surface area (Å²) in [5.74, 6) is -1.91. The van der Waals surface area contributed by atoms with Crippen LogP contribution in [0.15, 0.2) is 23.1 Å². The van der Waals surface area contributed by atoms with Crippen LogP contribution in [0.5, 0.6) is 0 Å². The summed E-state index contributed by atoms with van der Waals surface area (Å²) in [4.78, 5) is 21.9. The van der Waals surface area contributed by atoms with Gasteiger partial charge in [0.1, 0.15) is 0 Å². The van der Waals surface area contributed by atoms with Gasteiger partial charge in [-0.15, -0.1) is 0 Å². The van der Waals surface area contributed by atoms with Crippen molar-refractivity contribution in [3.63, 3.8) is 0 Å². The van der Waals surface area contributed by atoms with E-state index in [2.05, 4.69) is 0 Å². The number of amides is 2. The molecular weight excluding hydrogens is 232 g/mol. The smallest absolute Gasteiger partial charge is 0.250 e. The number of benzene rings is 1. The van der Waals surface area contributed by atoms with Crippen molar-refractivity contribution >= 4 is 21.7 Å². The average molecular weight is 242 g/mol. The minimum Gasteiger partial charge on any atom is -0.366 e. The normalized spacial score (nSPS) is 11.1. The fraction of sp³-hybridized carbons (Fsp3) is 0.111. The Morgan fingerprint density at radius 1 is 1.12 bits per heavy atom. The summed E-state index contributed by atoms with van der Waals surface area (Å²) in [7, 11) is -3.64. The van der Waals surface area contributed by atoms with Crippen LogP contribution in [0.2, 0.25) is 0 Å². The second kappa shape index (κ2) is 3.93. The Morgan fingerprint density at radius 3 is 2.06 bits per heavy atom. The van der Waals surface area contributed by atoms with Gasteiger partial charge >= 0.3 is 0 Å². The fourth-order valence-corrected chi connectivity index (χ4v) is 2.21. The van der Waals surface area contributed by atoms with E-state index in [1.165, 1.54) is 18.2 Å². The highest BCUT2D eigenvalue weighted by molar-refractivity contribution is 7.90. The predicted molar refractivity (Wildman–Crippen MR) is 56.6 cm³/mol. The molecule has 7 heteroatoms. The Labute approximate surface area is 92.2 Å². The minimum absolute atomic E-state index is 0.199. The molecule has 0 saturated carbocycles. The van der Waals surface area contributed by atoms with Crippen molar-refractivity contribution < 1.29 is 18.0 Å². The zero-order chi connectivity index (χ0) is 12.5. The molecule has 4 N–H and O–H groups in total. The fourth-order valence-electron chi connectivity index (χ4n) is 1.30. The number of nitrogens with two attached hydrogens (primary N) is 2. The summed E-state index contributed by atoms with van der Waals surface area (Å²) in [5.41, 5.74) is 9.50. The van der Waals surface area contributed by atoms with E-state index in [1.54, 1.807) is 0 Å². The lowest BCUT2D eigenvalue weighted by Crippen LogP contribution is -2.23. The highest BCUT2D eigenvalue weighted by Crippen LogP contribution is 2.19. The van der Waals surface area contributed by atoms with E-state index in [9.17, 15) is 18.0 Å². The standard InChI is InChI=1S/C9H10N2O4S/c1-16(14,15)6-4-2-3-5(8(10)12)7(6)9(11)13/h2-4H,1H3,(H2,10,12)(H2,11,13). The van der Waals surface area contributed by atoms with Crippen LogP contribution < -0.4 is 11.5 Å². The molecule has 86 valence electrons. The predicted octanol–water partition coefficient (Wildman–Crippen LogP) is -0.712. The Balaban J connectivity index is 3.72. The van der Waals surface area contributed by atoms with Gasteiger partial charge in [0.15, 0.2) is 9.84 Å². The minimum atomic E-state index is -3.64. The third kappa shape index (κ3) is 2.19. The van der Waals surface area contributed by atoms with Crippen LogP contribution in [-0.4, -0.2) is 26.5 Å². The highest BCUT2D eigenvalue weighted by Gasteiger charge is 2.22.